The molecule has 1 amide bonds. The SMILES string of the molecule is CC1=N[C@H]2C(=NC(Cc3c(Cl)ccc(C(=O)N4CCOCC4)c3I)=C2C)C(C)C1. The monoisotopic (exact) mass is 525 g/mol. The number of hydrogen-bond donors (Lipinski definition) is 0. The fraction of sp³-hybridized carbons (Fsp3) is 0.500. The number of halogens is 2. The number of morpholine rings is 1. The van der Waals surface area contributed by atoms with E-state index in [1.165, 1.54) is 11.3 Å². The summed E-state index contributed by atoms with van der Waals surface area (Å²) in [7, 11) is 0. The lowest BCUT2D eigenvalue weighted by Gasteiger charge is -2.27. The van der Waals surface area contributed by atoms with E-state index in [2.05, 4.69) is 43.4 Å². The molecule has 1 fully saturated rings. The van der Waals surface area contributed by atoms with Crippen LogP contribution in [-0.4, -0.2) is 54.6 Å². The third kappa shape index (κ3) is 4.03. The van der Waals surface area contributed by atoms with Gasteiger partial charge < -0.3 is 9.64 Å². The number of rotatable bonds is 3. The minimum Gasteiger partial charge on any atom is -0.378 e. The summed E-state index contributed by atoms with van der Waals surface area (Å²) in [6, 6.07) is 3.74. The summed E-state index contributed by atoms with van der Waals surface area (Å²) in [6.45, 7) is 8.87. The molecular formula is C22H25ClIN3O2. The molecule has 0 radical (unpaired) electrons. The van der Waals surface area contributed by atoms with Crippen LogP contribution in [0.4, 0.5) is 0 Å². The molecule has 0 aromatic heterocycles. The fourth-order valence-corrected chi connectivity index (χ4v) is 5.53. The number of nitrogens with zero attached hydrogens (tertiary/aromatic N) is 3. The zero-order chi connectivity index (χ0) is 20.7. The number of benzene rings is 1. The van der Waals surface area contributed by atoms with Gasteiger partial charge in [-0.3, -0.25) is 14.8 Å². The average molecular weight is 526 g/mol. The first-order chi connectivity index (χ1) is 13.9. The predicted molar refractivity (Wildman–Crippen MR) is 125 cm³/mol. The number of fused-ring (bicyclic) bond motifs is 1. The minimum atomic E-state index is 0.0431. The summed E-state index contributed by atoms with van der Waals surface area (Å²) in [4.78, 5) is 24.7. The quantitative estimate of drug-likeness (QED) is 0.544. The minimum absolute atomic E-state index is 0.0431. The second-order valence-electron chi connectivity index (χ2n) is 8.01. The normalized spacial score (nSPS) is 24.4. The van der Waals surface area contributed by atoms with Crippen molar-refractivity contribution in [2.45, 2.75) is 39.7 Å². The van der Waals surface area contributed by atoms with Gasteiger partial charge in [0, 0.05) is 45.4 Å². The molecule has 1 aromatic rings. The summed E-state index contributed by atoms with van der Waals surface area (Å²) >= 11 is 8.83. The molecule has 0 aliphatic carbocycles. The smallest absolute Gasteiger partial charge is 0.255 e. The van der Waals surface area contributed by atoms with Crippen molar-refractivity contribution in [3.05, 3.63) is 43.1 Å². The number of hydrogen-bond acceptors (Lipinski definition) is 4. The summed E-state index contributed by atoms with van der Waals surface area (Å²) in [5.41, 5.74) is 6.25. The van der Waals surface area contributed by atoms with Crippen LogP contribution in [0.3, 0.4) is 0 Å². The Bertz CT molecular complexity index is 948. The Balaban J connectivity index is 1.65. The second-order valence-corrected chi connectivity index (χ2v) is 9.49. The molecule has 7 heteroatoms. The van der Waals surface area contributed by atoms with E-state index >= 15 is 0 Å². The van der Waals surface area contributed by atoms with Crippen molar-refractivity contribution in [3.8, 4) is 0 Å². The maximum absolute atomic E-state index is 13.0. The highest BCUT2D eigenvalue weighted by molar-refractivity contribution is 14.1. The van der Waals surface area contributed by atoms with Crippen LogP contribution in [0.1, 0.15) is 43.1 Å². The molecule has 3 aliphatic heterocycles. The lowest BCUT2D eigenvalue weighted by Crippen LogP contribution is -2.41. The standard InChI is InChI=1S/C22H25ClIN3O2/c1-12-10-13(2)25-21-14(3)18(26-20(12)21)11-16-17(23)5-4-15(19(16)24)22(28)27-6-8-29-9-7-27/h4-5,12,21H,6-11H2,1-3H3/t12?,21-/m1/s1. The molecule has 1 aromatic carbocycles. The highest BCUT2D eigenvalue weighted by Gasteiger charge is 2.34. The van der Waals surface area contributed by atoms with Crippen molar-refractivity contribution in [1.82, 2.24) is 4.90 Å². The molecule has 3 heterocycles. The van der Waals surface area contributed by atoms with Crippen molar-refractivity contribution >= 4 is 51.5 Å². The number of aliphatic imine (C=N–C) groups is 2. The molecule has 2 atom stereocenters. The van der Waals surface area contributed by atoms with Crippen molar-refractivity contribution in [1.29, 1.82) is 0 Å². The Morgan fingerprint density at radius 3 is 2.76 bits per heavy atom. The third-order valence-corrected chi connectivity index (χ3v) is 7.51. The highest BCUT2D eigenvalue weighted by Crippen LogP contribution is 2.35. The molecule has 0 bridgehead atoms. The van der Waals surface area contributed by atoms with Crippen LogP contribution >= 0.6 is 34.2 Å². The number of ether oxygens (including phenoxy) is 1. The van der Waals surface area contributed by atoms with Crippen LogP contribution < -0.4 is 0 Å². The van der Waals surface area contributed by atoms with Gasteiger partial charge in [0.15, 0.2) is 0 Å². The predicted octanol–water partition coefficient (Wildman–Crippen LogP) is 4.56. The van der Waals surface area contributed by atoms with Crippen molar-refractivity contribution in [3.63, 3.8) is 0 Å². The Morgan fingerprint density at radius 2 is 2.03 bits per heavy atom. The van der Waals surface area contributed by atoms with Gasteiger partial charge >= 0.3 is 0 Å². The molecule has 0 saturated carbocycles. The maximum Gasteiger partial charge on any atom is 0.255 e. The molecule has 0 N–H and O–H groups in total. The maximum atomic E-state index is 13.0. The molecule has 5 nitrogen and oxygen atoms in total. The highest BCUT2D eigenvalue weighted by atomic mass is 127. The summed E-state index contributed by atoms with van der Waals surface area (Å²) in [5.74, 6) is 0.454. The molecular weight excluding hydrogens is 501 g/mol. The Kier molecular flexibility index (Phi) is 6.14. The van der Waals surface area contributed by atoms with Crippen LogP contribution in [0.5, 0.6) is 0 Å². The summed E-state index contributed by atoms with van der Waals surface area (Å²) in [6.07, 6.45) is 1.59. The van der Waals surface area contributed by atoms with Crippen LogP contribution in [0.25, 0.3) is 0 Å². The zero-order valence-electron chi connectivity index (χ0n) is 17.0. The van der Waals surface area contributed by atoms with Crippen LogP contribution in [0, 0.1) is 9.49 Å². The Morgan fingerprint density at radius 1 is 1.31 bits per heavy atom. The number of amides is 1. The van der Waals surface area contributed by atoms with E-state index in [1.54, 1.807) is 0 Å². The van der Waals surface area contributed by atoms with Crippen LogP contribution in [0.2, 0.25) is 5.02 Å². The molecule has 1 saturated heterocycles. The van der Waals surface area contributed by atoms with Gasteiger partial charge in [-0.15, -0.1) is 0 Å². The van der Waals surface area contributed by atoms with Gasteiger partial charge in [-0.05, 0) is 66.1 Å². The molecule has 29 heavy (non-hydrogen) atoms. The van der Waals surface area contributed by atoms with Gasteiger partial charge in [0.1, 0.15) is 6.04 Å². The van der Waals surface area contributed by atoms with E-state index in [0.29, 0.717) is 49.2 Å². The van der Waals surface area contributed by atoms with Gasteiger partial charge in [0.2, 0.25) is 0 Å². The largest absolute Gasteiger partial charge is 0.378 e. The van der Waals surface area contributed by atoms with Gasteiger partial charge in [0.05, 0.1) is 24.5 Å². The zero-order valence-corrected chi connectivity index (χ0v) is 19.9. The van der Waals surface area contributed by atoms with Gasteiger partial charge in [-0.2, -0.15) is 0 Å². The third-order valence-electron chi connectivity index (χ3n) is 5.92. The van der Waals surface area contributed by atoms with Crippen molar-refractivity contribution < 1.29 is 9.53 Å². The first kappa shape index (κ1) is 21.0. The molecule has 154 valence electrons. The van der Waals surface area contributed by atoms with E-state index in [1.807, 2.05) is 17.0 Å². The molecule has 1 unspecified atom stereocenters. The number of carbonyl (C=O) groups is 1. The van der Waals surface area contributed by atoms with Gasteiger partial charge in [0.25, 0.3) is 5.91 Å². The first-order valence-electron chi connectivity index (χ1n) is 10.0. The second kappa shape index (κ2) is 8.47. The van der Waals surface area contributed by atoms with E-state index < -0.39 is 0 Å². The average Bonchev–Trinajstić information content (AvgIpc) is 3.01. The van der Waals surface area contributed by atoms with Crippen LogP contribution in [-0.2, 0) is 11.2 Å². The summed E-state index contributed by atoms with van der Waals surface area (Å²) < 4.78 is 6.29. The van der Waals surface area contributed by atoms with Gasteiger partial charge in [-0.25, -0.2) is 0 Å². The fourth-order valence-electron chi connectivity index (χ4n) is 4.26. The summed E-state index contributed by atoms with van der Waals surface area (Å²) in [5, 5.41) is 0.677. The molecule has 3 aliphatic rings. The Hall–Kier alpha value is -1.25. The van der Waals surface area contributed by atoms with E-state index in [0.717, 1.165) is 27.0 Å². The Labute approximate surface area is 190 Å². The van der Waals surface area contributed by atoms with Crippen molar-refractivity contribution in [2.24, 2.45) is 15.9 Å². The first-order valence-corrected chi connectivity index (χ1v) is 11.5. The van der Waals surface area contributed by atoms with Crippen LogP contribution in [0.15, 0.2) is 33.4 Å². The lowest BCUT2D eigenvalue weighted by molar-refractivity contribution is 0.0302. The molecule has 0 spiro atoms. The van der Waals surface area contributed by atoms with Gasteiger partial charge in [-0.1, -0.05) is 18.5 Å². The topological polar surface area (TPSA) is 54.3 Å². The molecule has 4 rings (SSSR count). The van der Waals surface area contributed by atoms with E-state index in [-0.39, 0.29) is 11.9 Å². The number of carbonyl (C=O) groups excluding carboxylic acids is 1. The lowest BCUT2D eigenvalue weighted by atomic mass is 9.88. The van der Waals surface area contributed by atoms with Crippen molar-refractivity contribution in [2.75, 3.05) is 26.3 Å². The van der Waals surface area contributed by atoms with E-state index in [4.69, 9.17) is 26.3 Å². The van der Waals surface area contributed by atoms with E-state index in [9.17, 15) is 4.79 Å². The number of allylic oxidation sites excluding steroid dienone is 1.